The number of hydrogen-bond donors (Lipinski definition) is 0. The number of aromatic nitrogens is 1. The van der Waals surface area contributed by atoms with Crippen molar-refractivity contribution in [3.8, 4) is 11.3 Å². The van der Waals surface area contributed by atoms with Crippen LogP contribution in [0.5, 0.6) is 0 Å². The van der Waals surface area contributed by atoms with E-state index in [1.807, 2.05) is 44.2 Å². The molecule has 0 atom stereocenters. The smallest absolute Gasteiger partial charge is 0.282 e. The lowest BCUT2D eigenvalue weighted by Gasteiger charge is -2.35. The fraction of sp³-hybridized carbons (Fsp3) is 0.444. The van der Waals surface area contributed by atoms with Gasteiger partial charge in [0.1, 0.15) is 0 Å². The Morgan fingerprint density at radius 1 is 1.11 bits per heavy atom. The van der Waals surface area contributed by atoms with Crippen LogP contribution in [0.4, 0.5) is 0 Å². The molecule has 1 aromatic carbocycles. The summed E-state index contributed by atoms with van der Waals surface area (Å²) < 4.78 is 33.3. The van der Waals surface area contributed by atoms with Gasteiger partial charge in [-0.15, -0.1) is 0 Å². The number of nitrogens with zero attached hydrogens (tertiary/aromatic N) is 4. The van der Waals surface area contributed by atoms with Crippen molar-refractivity contribution in [1.82, 2.24) is 18.7 Å². The van der Waals surface area contributed by atoms with Crippen molar-refractivity contribution in [1.29, 1.82) is 0 Å². The van der Waals surface area contributed by atoms with Crippen LogP contribution in [0, 0.1) is 0 Å². The molecule has 1 aliphatic heterocycles. The molecule has 27 heavy (non-hydrogen) atoms. The molecule has 0 N–H and O–H groups in total. The summed E-state index contributed by atoms with van der Waals surface area (Å²) in [6.07, 6.45) is 0. The predicted octanol–water partition coefficient (Wildman–Crippen LogP) is 1.69. The SMILES string of the molecule is CCN(CC)S(=O)(=O)N1CCN(C(=O)c2cc(-c3ccccc3)on2)CC1. The molecule has 1 saturated heterocycles. The third-order valence-corrected chi connectivity index (χ3v) is 6.86. The van der Waals surface area contributed by atoms with Crippen LogP contribution in [-0.4, -0.2) is 72.3 Å². The van der Waals surface area contributed by atoms with Gasteiger partial charge in [0.25, 0.3) is 16.1 Å². The van der Waals surface area contributed by atoms with Crippen molar-refractivity contribution in [2.45, 2.75) is 13.8 Å². The van der Waals surface area contributed by atoms with Gasteiger partial charge in [0.15, 0.2) is 11.5 Å². The lowest BCUT2D eigenvalue weighted by Crippen LogP contribution is -2.54. The first-order chi connectivity index (χ1) is 13.0. The molecular weight excluding hydrogens is 368 g/mol. The highest BCUT2D eigenvalue weighted by atomic mass is 32.2. The second kappa shape index (κ2) is 8.20. The van der Waals surface area contributed by atoms with Crippen molar-refractivity contribution in [2.75, 3.05) is 39.3 Å². The quantitative estimate of drug-likeness (QED) is 0.747. The van der Waals surface area contributed by atoms with Gasteiger partial charge in [-0.2, -0.15) is 17.0 Å². The van der Waals surface area contributed by atoms with Crippen LogP contribution in [0.1, 0.15) is 24.3 Å². The average molecular weight is 392 g/mol. The molecule has 0 spiro atoms. The van der Waals surface area contributed by atoms with Gasteiger partial charge in [-0.05, 0) is 0 Å². The van der Waals surface area contributed by atoms with E-state index in [0.717, 1.165) is 5.56 Å². The van der Waals surface area contributed by atoms with Gasteiger partial charge in [0, 0.05) is 50.9 Å². The van der Waals surface area contributed by atoms with E-state index in [1.165, 1.54) is 8.61 Å². The molecule has 3 rings (SSSR count). The molecule has 8 nitrogen and oxygen atoms in total. The Bertz CT molecular complexity index is 870. The van der Waals surface area contributed by atoms with Crippen LogP contribution in [-0.2, 0) is 10.2 Å². The van der Waals surface area contributed by atoms with Crippen LogP contribution in [0.2, 0.25) is 0 Å². The van der Waals surface area contributed by atoms with Crippen molar-refractivity contribution < 1.29 is 17.7 Å². The van der Waals surface area contributed by atoms with Crippen LogP contribution in [0.3, 0.4) is 0 Å². The van der Waals surface area contributed by atoms with E-state index in [0.29, 0.717) is 31.9 Å². The van der Waals surface area contributed by atoms with Crippen molar-refractivity contribution in [2.24, 2.45) is 0 Å². The highest BCUT2D eigenvalue weighted by Gasteiger charge is 2.33. The molecule has 0 saturated carbocycles. The third-order valence-electron chi connectivity index (χ3n) is 4.67. The summed E-state index contributed by atoms with van der Waals surface area (Å²) in [5.74, 6) is 0.280. The van der Waals surface area contributed by atoms with Crippen molar-refractivity contribution >= 4 is 16.1 Å². The maximum atomic E-state index is 12.7. The van der Waals surface area contributed by atoms with E-state index >= 15 is 0 Å². The highest BCUT2D eigenvalue weighted by Crippen LogP contribution is 2.21. The summed E-state index contributed by atoms with van der Waals surface area (Å²) in [6.45, 7) is 5.69. The molecule has 1 aliphatic rings. The van der Waals surface area contributed by atoms with Crippen LogP contribution in [0.25, 0.3) is 11.3 Å². The molecule has 146 valence electrons. The van der Waals surface area contributed by atoms with Gasteiger partial charge in [0.2, 0.25) is 0 Å². The molecule has 2 heterocycles. The summed E-state index contributed by atoms with van der Waals surface area (Å²) >= 11 is 0. The number of benzene rings is 1. The molecule has 0 aliphatic carbocycles. The minimum Gasteiger partial charge on any atom is -0.355 e. The average Bonchev–Trinajstić information content (AvgIpc) is 3.19. The predicted molar refractivity (Wildman–Crippen MR) is 101 cm³/mol. The Balaban J connectivity index is 1.65. The van der Waals surface area contributed by atoms with Gasteiger partial charge >= 0.3 is 0 Å². The zero-order valence-electron chi connectivity index (χ0n) is 15.5. The molecular formula is C18H24N4O4S. The Hall–Kier alpha value is -2.23. The van der Waals surface area contributed by atoms with Gasteiger partial charge in [-0.3, -0.25) is 4.79 Å². The van der Waals surface area contributed by atoms with E-state index in [4.69, 9.17) is 4.52 Å². The fourth-order valence-electron chi connectivity index (χ4n) is 3.11. The number of amides is 1. The van der Waals surface area contributed by atoms with Crippen molar-refractivity contribution in [3.63, 3.8) is 0 Å². The number of hydrogen-bond acceptors (Lipinski definition) is 5. The van der Waals surface area contributed by atoms with Gasteiger partial charge in [-0.25, -0.2) is 0 Å². The Morgan fingerprint density at radius 3 is 2.33 bits per heavy atom. The van der Waals surface area contributed by atoms with Gasteiger partial charge < -0.3 is 9.42 Å². The first-order valence-corrected chi connectivity index (χ1v) is 10.4. The molecule has 0 bridgehead atoms. The number of rotatable bonds is 6. The van der Waals surface area contributed by atoms with Crippen LogP contribution < -0.4 is 0 Å². The molecule has 2 aromatic rings. The van der Waals surface area contributed by atoms with E-state index in [9.17, 15) is 13.2 Å². The number of carbonyl (C=O) groups excluding carboxylic acids is 1. The first kappa shape index (κ1) is 19.5. The maximum Gasteiger partial charge on any atom is 0.282 e. The topological polar surface area (TPSA) is 87.0 Å². The standard InChI is InChI=1S/C18H24N4O4S/c1-3-21(4-2)27(24,25)22-12-10-20(11-13-22)18(23)16-14-17(26-19-16)15-8-6-5-7-9-15/h5-9,14H,3-4,10-13H2,1-2H3. The molecule has 1 aromatic heterocycles. The summed E-state index contributed by atoms with van der Waals surface area (Å²) in [7, 11) is -3.48. The Labute approximate surface area is 159 Å². The molecule has 1 amide bonds. The van der Waals surface area contributed by atoms with E-state index < -0.39 is 10.2 Å². The lowest BCUT2D eigenvalue weighted by molar-refractivity contribution is 0.0684. The molecule has 0 unspecified atom stereocenters. The van der Waals surface area contributed by atoms with E-state index in [-0.39, 0.29) is 24.7 Å². The lowest BCUT2D eigenvalue weighted by atomic mass is 10.1. The van der Waals surface area contributed by atoms with Crippen molar-refractivity contribution in [3.05, 3.63) is 42.1 Å². The van der Waals surface area contributed by atoms with Gasteiger partial charge in [0.05, 0.1) is 0 Å². The monoisotopic (exact) mass is 392 g/mol. The summed E-state index contributed by atoms with van der Waals surface area (Å²) in [4.78, 5) is 14.3. The van der Waals surface area contributed by atoms with E-state index in [1.54, 1.807) is 11.0 Å². The molecule has 1 fully saturated rings. The maximum absolute atomic E-state index is 12.7. The summed E-state index contributed by atoms with van der Waals surface area (Å²) in [5, 5.41) is 3.88. The van der Waals surface area contributed by atoms with Crippen LogP contribution in [0.15, 0.2) is 40.9 Å². The fourth-order valence-corrected chi connectivity index (χ4v) is 4.72. The second-order valence-electron chi connectivity index (χ2n) is 6.23. The Kier molecular flexibility index (Phi) is 5.93. The highest BCUT2D eigenvalue weighted by molar-refractivity contribution is 7.86. The minimum atomic E-state index is -3.48. The first-order valence-electron chi connectivity index (χ1n) is 9.04. The minimum absolute atomic E-state index is 0.230. The third kappa shape index (κ3) is 4.05. The molecule has 0 radical (unpaired) electrons. The largest absolute Gasteiger partial charge is 0.355 e. The normalized spacial score (nSPS) is 16.0. The van der Waals surface area contributed by atoms with Crippen LogP contribution >= 0.6 is 0 Å². The zero-order valence-corrected chi connectivity index (χ0v) is 16.4. The molecule has 9 heteroatoms. The second-order valence-corrected chi connectivity index (χ2v) is 8.15. The summed E-state index contributed by atoms with van der Waals surface area (Å²) in [6, 6.07) is 11.1. The zero-order chi connectivity index (χ0) is 19.4. The number of piperazine rings is 1. The summed E-state index contributed by atoms with van der Waals surface area (Å²) in [5.41, 5.74) is 1.08. The Morgan fingerprint density at radius 2 is 1.74 bits per heavy atom. The number of carbonyl (C=O) groups is 1. The van der Waals surface area contributed by atoms with E-state index in [2.05, 4.69) is 5.16 Å². The van der Waals surface area contributed by atoms with Gasteiger partial charge in [-0.1, -0.05) is 49.3 Å².